The minimum absolute atomic E-state index is 0.419. The third-order valence-corrected chi connectivity index (χ3v) is 4.33. The average molecular weight is 298 g/mol. The van der Waals surface area contributed by atoms with Gasteiger partial charge in [-0.1, -0.05) is 0 Å². The second kappa shape index (κ2) is 7.54. The van der Waals surface area contributed by atoms with Crippen LogP contribution in [0.3, 0.4) is 0 Å². The Morgan fingerprint density at radius 3 is 2.75 bits per heavy atom. The highest BCUT2D eigenvalue weighted by molar-refractivity contribution is 7.85. The van der Waals surface area contributed by atoms with Crippen LogP contribution in [0.4, 0.5) is 11.6 Å². The molecule has 1 aromatic heterocycles. The standard InChI is InChI=1S/C13H22N4O2S/c1-3-14-11-9-13(16-12(15-11)10-19-4-2)17-5-7-20(18)8-6-17/h9H,3-8,10H2,1-2H3,(H,14,15,16). The summed E-state index contributed by atoms with van der Waals surface area (Å²) in [7, 11) is -0.679. The Hall–Kier alpha value is -1.21. The predicted octanol–water partition coefficient (Wildman–Crippen LogP) is 1.01. The minimum Gasteiger partial charge on any atom is -0.374 e. The molecular weight excluding hydrogens is 276 g/mol. The summed E-state index contributed by atoms with van der Waals surface area (Å²) in [4.78, 5) is 11.2. The molecule has 0 spiro atoms. The first kappa shape index (κ1) is 15.2. The number of nitrogens with one attached hydrogen (secondary N) is 1. The van der Waals surface area contributed by atoms with E-state index in [1.165, 1.54) is 0 Å². The summed E-state index contributed by atoms with van der Waals surface area (Å²) in [5.74, 6) is 3.82. The van der Waals surface area contributed by atoms with Crippen molar-refractivity contribution in [1.29, 1.82) is 0 Å². The lowest BCUT2D eigenvalue weighted by atomic mass is 10.4. The number of aromatic nitrogens is 2. The fourth-order valence-corrected chi connectivity index (χ4v) is 3.09. The molecule has 1 aliphatic rings. The Bertz CT molecular complexity index is 460. The number of hydrogen-bond acceptors (Lipinski definition) is 6. The highest BCUT2D eigenvalue weighted by atomic mass is 32.2. The van der Waals surface area contributed by atoms with Crippen molar-refractivity contribution in [2.45, 2.75) is 20.5 Å². The van der Waals surface area contributed by atoms with Crippen LogP contribution < -0.4 is 10.2 Å². The number of hydrogen-bond donors (Lipinski definition) is 1. The fourth-order valence-electron chi connectivity index (χ4n) is 2.04. The first-order valence-electron chi connectivity index (χ1n) is 7.02. The summed E-state index contributed by atoms with van der Waals surface area (Å²) in [6.45, 7) is 7.43. The van der Waals surface area contributed by atoms with Crippen LogP contribution in [0.5, 0.6) is 0 Å². The van der Waals surface area contributed by atoms with E-state index in [-0.39, 0.29) is 0 Å². The predicted molar refractivity (Wildman–Crippen MR) is 81.6 cm³/mol. The van der Waals surface area contributed by atoms with Crippen LogP contribution in [0, 0.1) is 0 Å². The van der Waals surface area contributed by atoms with E-state index in [9.17, 15) is 4.21 Å². The summed E-state index contributed by atoms with van der Waals surface area (Å²) in [5, 5.41) is 3.22. The Balaban J connectivity index is 2.17. The Morgan fingerprint density at radius 1 is 1.35 bits per heavy atom. The van der Waals surface area contributed by atoms with E-state index in [0.29, 0.717) is 30.5 Å². The van der Waals surface area contributed by atoms with Crippen LogP contribution in [0.25, 0.3) is 0 Å². The SMILES string of the molecule is CCNc1cc(N2CCS(=O)CC2)nc(COCC)n1. The number of nitrogens with zero attached hydrogens (tertiary/aromatic N) is 3. The van der Waals surface area contributed by atoms with Gasteiger partial charge in [0.25, 0.3) is 0 Å². The molecule has 1 fully saturated rings. The highest BCUT2D eigenvalue weighted by Gasteiger charge is 2.18. The molecule has 6 nitrogen and oxygen atoms in total. The summed E-state index contributed by atoms with van der Waals surface area (Å²) in [6, 6.07) is 1.95. The Kier molecular flexibility index (Phi) is 5.72. The second-order valence-electron chi connectivity index (χ2n) is 4.53. The fraction of sp³-hybridized carbons (Fsp3) is 0.692. The molecular formula is C13H22N4O2S. The zero-order valence-electron chi connectivity index (χ0n) is 12.1. The van der Waals surface area contributed by atoms with E-state index in [4.69, 9.17) is 4.74 Å². The lowest BCUT2D eigenvalue weighted by molar-refractivity contribution is 0.128. The van der Waals surface area contributed by atoms with Gasteiger partial charge in [-0.3, -0.25) is 4.21 Å². The van der Waals surface area contributed by atoms with Crippen molar-refractivity contribution in [3.05, 3.63) is 11.9 Å². The van der Waals surface area contributed by atoms with Gasteiger partial charge in [0.2, 0.25) is 0 Å². The van der Waals surface area contributed by atoms with Crippen molar-refractivity contribution in [3.8, 4) is 0 Å². The van der Waals surface area contributed by atoms with Gasteiger partial charge in [0.05, 0.1) is 0 Å². The first-order valence-corrected chi connectivity index (χ1v) is 8.51. The largest absolute Gasteiger partial charge is 0.374 e. The molecule has 0 bridgehead atoms. The van der Waals surface area contributed by atoms with Gasteiger partial charge in [0.1, 0.15) is 18.2 Å². The molecule has 0 amide bonds. The average Bonchev–Trinajstić information content (AvgIpc) is 2.46. The van der Waals surface area contributed by atoms with Gasteiger partial charge in [0, 0.05) is 54.6 Å². The molecule has 0 radical (unpaired) electrons. The number of anilines is 2. The quantitative estimate of drug-likeness (QED) is 0.845. The summed E-state index contributed by atoms with van der Waals surface area (Å²) >= 11 is 0. The Morgan fingerprint density at radius 2 is 2.10 bits per heavy atom. The van der Waals surface area contributed by atoms with Crippen molar-refractivity contribution in [3.63, 3.8) is 0 Å². The van der Waals surface area contributed by atoms with Crippen LogP contribution in [-0.4, -0.2) is 51.9 Å². The van der Waals surface area contributed by atoms with E-state index in [2.05, 4.69) is 20.2 Å². The molecule has 20 heavy (non-hydrogen) atoms. The molecule has 0 unspecified atom stereocenters. The molecule has 1 saturated heterocycles. The topological polar surface area (TPSA) is 67.4 Å². The Labute approximate surface area is 122 Å². The van der Waals surface area contributed by atoms with Crippen LogP contribution >= 0.6 is 0 Å². The van der Waals surface area contributed by atoms with E-state index in [1.54, 1.807) is 0 Å². The van der Waals surface area contributed by atoms with Crippen molar-refractivity contribution in [1.82, 2.24) is 9.97 Å². The van der Waals surface area contributed by atoms with E-state index in [1.807, 2.05) is 19.9 Å². The molecule has 0 saturated carbocycles. The number of rotatable bonds is 6. The maximum absolute atomic E-state index is 11.4. The molecule has 2 heterocycles. The zero-order chi connectivity index (χ0) is 14.4. The second-order valence-corrected chi connectivity index (χ2v) is 6.23. The molecule has 7 heteroatoms. The molecule has 2 rings (SSSR count). The van der Waals surface area contributed by atoms with Gasteiger partial charge in [-0.15, -0.1) is 0 Å². The van der Waals surface area contributed by atoms with E-state index < -0.39 is 10.8 Å². The number of ether oxygens (including phenoxy) is 1. The first-order chi connectivity index (χ1) is 9.72. The highest BCUT2D eigenvalue weighted by Crippen LogP contribution is 2.18. The third-order valence-electron chi connectivity index (χ3n) is 3.05. The maximum atomic E-state index is 11.4. The molecule has 1 aliphatic heterocycles. The molecule has 112 valence electrons. The molecule has 0 aromatic carbocycles. The lowest BCUT2D eigenvalue weighted by Crippen LogP contribution is -2.38. The summed E-state index contributed by atoms with van der Waals surface area (Å²) in [5.41, 5.74) is 0. The van der Waals surface area contributed by atoms with Crippen LogP contribution in [0.15, 0.2) is 6.07 Å². The lowest BCUT2D eigenvalue weighted by Gasteiger charge is -2.27. The van der Waals surface area contributed by atoms with Crippen LogP contribution in [-0.2, 0) is 22.1 Å². The van der Waals surface area contributed by atoms with Gasteiger partial charge in [-0.05, 0) is 13.8 Å². The van der Waals surface area contributed by atoms with E-state index in [0.717, 1.165) is 31.3 Å². The van der Waals surface area contributed by atoms with Crippen molar-refractivity contribution in [2.75, 3.05) is 48.0 Å². The summed E-state index contributed by atoms with van der Waals surface area (Å²) in [6.07, 6.45) is 0. The van der Waals surface area contributed by atoms with Gasteiger partial charge in [0.15, 0.2) is 5.82 Å². The smallest absolute Gasteiger partial charge is 0.158 e. The summed E-state index contributed by atoms with van der Waals surface area (Å²) < 4.78 is 16.8. The third kappa shape index (κ3) is 4.14. The molecule has 1 aromatic rings. The van der Waals surface area contributed by atoms with Gasteiger partial charge in [-0.2, -0.15) is 0 Å². The van der Waals surface area contributed by atoms with Crippen molar-refractivity contribution >= 4 is 22.4 Å². The van der Waals surface area contributed by atoms with Crippen LogP contribution in [0.2, 0.25) is 0 Å². The zero-order valence-corrected chi connectivity index (χ0v) is 12.9. The van der Waals surface area contributed by atoms with Crippen molar-refractivity contribution in [2.24, 2.45) is 0 Å². The van der Waals surface area contributed by atoms with Gasteiger partial charge in [-0.25, -0.2) is 9.97 Å². The van der Waals surface area contributed by atoms with Crippen molar-refractivity contribution < 1.29 is 8.95 Å². The molecule has 0 aliphatic carbocycles. The monoisotopic (exact) mass is 298 g/mol. The van der Waals surface area contributed by atoms with E-state index >= 15 is 0 Å². The molecule has 1 N–H and O–H groups in total. The van der Waals surface area contributed by atoms with Gasteiger partial charge >= 0.3 is 0 Å². The van der Waals surface area contributed by atoms with Gasteiger partial charge < -0.3 is 15.0 Å². The molecule has 0 atom stereocenters. The maximum Gasteiger partial charge on any atom is 0.158 e. The van der Waals surface area contributed by atoms with Crippen LogP contribution in [0.1, 0.15) is 19.7 Å². The normalized spacial score (nSPS) is 16.4. The minimum atomic E-state index is -0.679.